The van der Waals surface area contributed by atoms with E-state index < -0.39 is 0 Å². The van der Waals surface area contributed by atoms with Gasteiger partial charge in [-0.2, -0.15) is 5.26 Å². The molecular weight excluding hydrogens is 329 g/mol. The Morgan fingerprint density at radius 1 is 1.29 bits per heavy atom. The normalized spacial score (nSPS) is 9.65. The molecule has 0 aliphatic heterocycles. The van der Waals surface area contributed by atoms with Gasteiger partial charge in [-0.05, 0) is 52.9 Å². The van der Waals surface area contributed by atoms with Crippen molar-refractivity contribution in [3.8, 4) is 17.7 Å². The van der Waals surface area contributed by atoms with Crippen molar-refractivity contribution in [3.05, 3.63) is 45.7 Å². The number of nitrogens with two attached hydrogens (primary N) is 1. The van der Waals surface area contributed by atoms with Gasteiger partial charge in [0.15, 0.2) is 0 Å². The number of halogens is 1. The van der Waals surface area contributed by atoms with E-state index in [1.54, 1.807) is 0 Å². The Balaban J connectivity index is 2.30. The van der Waals surface area contributed by atoms with Gasteiger partial charge in [0.25, 0.3) is 0 Å². The van der Waals surface area contributed by atoms with Crippen molar-refractivity contribution in [1.82, 2.24) is 4.98 Å². The quantitative estimate of drug-likeness (QED) is 0.856. The molecule has 2 N–H and O–H groups in total. The molecule has 17 heavy (non-hydrogen) atoms. The number of nitriles is 1. The number of ether oxygens (including phenoxy) is 1. The van der Waals surface area contributed by atoms with Crippen molar-refractivity contribution in [2.75, 3.05) is 5.73 Å². The number of rotatable bonds is 2. The predicted molar refractivity (Wildman–Crippen MR) is 72.6 cm³/mol. The molecule has 0 amide bonds. The molecule has 0 aliphatic carbocycles. The number of anilines is 1. The first-order chi connectivity index (χ1) is 8.19. The fraction of sp³-hybridized carbons (Fsp3) is 0. The summed E-state index contributed by atoms with van der Waals surface area (Å²) < 4.78 is 6.63. The molecule has 0 fully saturated rings. The number of aromatic nitrogens is 1. The summed E-state index contributed by atoms with van der Waals surface area (Å²) in [7, 11) is 0. The smallest absolute Gasteiger partial charge is 0.237 e. The molecule has 0 aliphatic rings. The molecule has 84 valence electrons. The van der Waals surface area contributed by atoms with E-state index >= 15 is 0 Å². The highest BCUT2D eigenvalue weighted by molar-refractivity contribution is 14.1. The first-order valence-corrected chi connectivity index (χ1v) is 5.86. The van der Waals surface area contributed by atoms with Gasteiger partial charge in [-0.1, -0.05) is 0 Å². The lowest BCUT2D eigenvalue weighted by Crippen LogP contribution is -1.94. The Morgan fingerprint density at radius 2 is 2.00 bits per heavy atom. The zero-order chi connectivity index (χ0) is 12.3. The van der Waals surface area contributed by atoms with E-state index in [0.717, 1.165) is 3.57 Å². The van der Waals surface area contributed by atoms with Crippen molar-refractivity contribution in [2.45, 2.75) is 0 Å². The Hall–Kier alpha value is -1.81. The lowest BCUT2D eigenvalue weighted by Gasteiger charge is -2.06. The maximum atomic E-state index is 8.94. The van der Waals surface area contributed by atoms with Gasteiger partial charge in [-0.15, -0.1) is 0 Å². The van der Waals surface area contributed by atoms with Crippen LogP contribution in [0.4, 0.5) is 5.69 Å². The van der Waals surface area contributed by atoms with Crippen LogP contribution in [0.2, 0.25) is 0 Å². The van der Waals surface area contributed by atoms with Crippen molar-refractivity contribution >= 4 is 28.3 Å². The molecule has 1 aromatic heterocycles. The Morgan fingerprint density at radius 3 is 2.65 bits per heavy atom. The Bertz CT molecular complexity index is 575. The standard InChI is InChI=1S/C12H8IN3O/c13-9-1-3-11(4-2-9)17-12-8(6-14)5-10(15)7-16-12/h1-5,7H,15H2. The molecule has 1 heterocycles. The van der Waals surface area contributed by atoms with Crippen LogP contribution in [0.15, 0.2) is 36.5 Å². The maximum Gasteiger partial charge on any atom is 0.237 e. The summed E-state index contributed by atoms with van der Waals surface area (Å²) in [5, 5.41) is 8.94. The minimum absolute atomic E-state index is 0.267. The van der Waals surface area contributed by atoms with Crippen LogP contribution >= 0.6 is 22.6 Å². The van der Waals surface area contributed by atoms with Gasteiger partial charge in [0.05, 0.1) is 11.9 Å². The molecule has 0 unspecified atom stereocenters. The van der Waals surface area contributed by atoms with Gasteiger partial charge < -0.3 is 10.5 Å². The van der Waals surface area contributed by atoms with Crippen molar-refractivity contribution in [1.29, 1.82) is 5.26 Å². The summed E-state index contributed by atoms with van der Waals surface area (Å²) in [4.78, 5) is 4.00. The molecular formula is C12H8IN3O. The molecule has 0 radical (unpaired) electrons. The van der Waals surface area contributed by atoms with E-state index in [-0.39, 0.29) is 5.88 Å². The third-order valence-electron chi connectivity index (χ3n) is 2.02. The van der Waals surface area contributed by atoms with Crippen molar-refractivity contribution in [3.63, 3.8) is 0 Å². The van der Waals surface area contributed by atoms with Crippen molar-refractivity contribution in [2.24, 2.45) is 0 Å². The third kappa shape index (κ3) is 2.85. The van der Waals surface area contributed by atoms with E-state index in [1.807, 2.05) is 30.3 Å². The molecule has 1 aromatic carbocycles. The molecule has 2 aromatic rings. The lowest BCUT2D eigenvalue weighted by molar-refractivity contribution is 0.461. The average Bonchev–Trinajstić information content (AvgIpc) is 2.34. The van der Waals surface area contributed by atoms with Crippen molar-refractivity contribution < 1.29 is 4.74 Å². The van der Waals surface area contributed by atoms with Crippen LogP contribution in [-0.4, -0.2) is 4.98 Å². The highest BCUT2D eigenvalue weighted by Crippen LogP contribution is 2.24. The molecule has 2 rings (SSSR count). The summed E-state index contributed by atoms with van der Waals surface area (Å²) in [5.41, 5.74) is 6.31. The second-order valence-corrected chi connectivity index (χ2v) is 4.53. The van der Waals surface area contributed by atoms with Crippen LogP contribution in [0.1, 0.15) is 5.56 Å². The molecule has 0 atom stereocenters. The first-order valence-electron chi connectivity index (χ1n) is 4.78. The monoisotopic (exact) mass is 337 g/mol. The minimum atomic E-state index is 0.267. The molecule has 0 spiro atoms. The van der Waals surface area contributed by atoms with Crippen LogP contribution in [0, 0.1) is 14.9 Å². The highest BCUT2D eigenvalue weighted by atomic mass is 127. The number of nitrogens with zero attached hydrogens (tertiary/aromatic N) is 2. The van der Waals surface area contributed by atoms with Gasteiger partial charge in [0.2, 0.25) is 5.88 Å². The number of pyridine rings is 1. The van der Waals surface area contributed by atoms with Gasteiger partial charge in [-0.25, -0.2) is 4.98 Å². The summed E-state index contributed by atoms with van der Waals surface area (Å²) in [6.45, 7) is 0. The largest absolute Gasteiger partial charge is 0.438 e. The summed E-state index contributed by atoms with van der Waals surface area (Å²) in [6.07, 6.45) is 1.46. The van der Waals surface area contributed by atoms with E-state index in [9.17, 15) is 0 Å². The second-order valence-electron chi connectivity index (χ2n) is 3.29. The molecule has 4 nitrogen and oxygen atoms in total. The fourth-order valence-electron chi connectivity index (χ4n) is 1.24. The number of benzene rings is 1. The zero-order valence-corrected chi connectivity index (χ0v) is 10.9. The summed E-state index contributed by atoms with van der Waals surface area (Å²) in [6, 6.07) is 11.0. The van der Waals surface area contributed by atoms with Gasteiger partial charge in [-0.3, -0.25) is 0 Å². The van der Waals surface area contributed by atoms with Crippen LogP contribution < -0.4 is 10.5 Å². The SMILES string of the molecule is N#Cc1cc(N)cnc1Oc1ccc(I)cc1. The molecule has 0 bridgehead atoms. The second kappa shape index (κ2) is 5.01. The average molecular weight is 337 g/mol. The van der Waals surface area contributed by atoms with Crippen LogP contribution in [-0.2, 0) is 0 Å². The van der Waals surface area contributed by atoms with E-state index in [0.29, 0.717) is 17.0 Å². The number of nitrogen functional groups attached to an aromatic ring is 1. The van der Waals surface area contributed by atoms with Gasteiger partial charge >= 0.3 is 0 Å². The highest BCUT2D eigenvalue weighted by Gasteiger charge is 2.06. The topological polar surface area (TPSA) is 71.9 Å². The first kappa shape index (κ1) is 11.7. The summed E-state index contributed by atoms with van der Waals surface area (Å²) >= 11 is 2.21. The molecule has 0 saturated heterocycles. The van der Waals surface area contributed by atoms with Crippen LogP contribution in [0.25, 0.3) is 0 Å². The third-order valence-corrected chi connectivity index (χ3v) is 2.74. The number of hydrogen-bond donors (Lipinski definition) is 1. The Kier molecular flexibility index (Phi) is 3.44. The van der Waals surface area contributed by atoms with Gasteiger partial charge in [0, 0.05) is 3.57 Å². The van der Waals surface area contributed by atoms with Gasteiger partial charge in [0.1, 0.15) is 17.4 Å². The Labute approximate surface area is 112 Å². The number of hydrogen-bond acceptors (Lipinski definition) is 4. The minimum Gasteiger partial charge on any atom is -0.438 e. The molecule has 0 saturated carbocycles. The van der Waals surface area contributed by atoms with E-state index in [4.69, 9.17) is 15.7 Å². The van der Waals surface area contributed by atoms with Crippen LogP contribution in [0.5, 0.6) is 11.6 Å². The predicted octanol–water partition coefficient (Wildman–Crippen LogP) is 2.93. The maximum absolute atomic E-state index is 8.94. The zero-order valence-electron chi connectivity index (χ0n) is 8.72. The van der Waals surface area contributed by atoms with E-state index in [2.05, 4.69) is 27.6 Å². The van der Waals surface area contributed by atoms with Crippen LogP contribution in [0.3, 0.4) is 0 Å². The van der Waals surface area contributed by atoms with E-state index in [1.165, 1.54) is 12.3 Å². The molecule has 5 heteroatoms. The lowest BCUT2D eigenvalue weighted by atomic mass is 10.3. The fourth-order valence-corrected chi connectivity index (χ4v) is 1.60. The summed E-state index contributed by atoms with van der Waals surface area (Å²) in [5.74, 6) is 0.905.